The van der Waals surface area contributed by atoms with Gasteiger partial charge in [-0.15, -0.1) is 5.10 Å². The number of methoxy groups -OCH3 is 2. The standard InChI is InChI=1S/C19H19N3O4/c1-24-14-9-10-15(16(12-14)25-2)18-21-22-19(26-18)20-17(23)11-8-13-6-4-3-5-7-13/h3-7,9-10,12H,8,11H2,1-2H3,(H,20,22,23). The second-order valence-corrected chi connectivity index (χ2v) is 5.51. The highest BCUT2D eigenvalue weighted by atomic mass is 16.5. The van der Waals surface area contributed by atoms with Gasteiger partial charge in [0, 0.05) is 12.5 Å². The maximum absolute atomic E-state index is 12.1. The normalized spacial score (nSPS) is 10.4. The number of hydrogen-bond acceptors (Lipinski definition) is 6. The van der Waals surface area contributed by atoms with E-state index >= 15 is 0 Å². The van der Waals surface area contributed by atoms with Crippen LogP contribution in [0.4, 0.5) is 6.01 Å². The van der Waals surface area contributed by atoms with E-state index in [1.54, 1.807) is 32.4 Å². The van der Waals surface area contributed by atoms with Gasteiger partial charge in [-0.05, 0) is 24.1 Å². The van der Waals surface area contributed by atoms with Crippen molar-refractivity contribution >= 4 is 11.9 Å². The largest absolute Gasteiger partial charge is 0.497 e. The zero-order chi connectivity index (χ0) is 18.4. The molecular formula is C19H19N3O4. The Hall–Kier alpha value is -3.35. The third kappa shape index (κ3) is 4.18. The minimum absolute atomic E-state index is 0.0518. The van der Waals surface area contributed by atoms with E-state index in [0.717, 1.165) is 5.56 Å². The Morgan fingerprint density at radius 1 is 1.08 bits per heavy atom. The Morgan fingerprint density at radius 2 is 1.88 bits per heavy atom. The van der Waals surface area contributed by atoms with Crippen molar-refractivity contribution in [3.05, 3.63) is 54.1 Å². The van der Waals surface area contributed by atoms with Crippen molar-refractivity contribution in [3.8, 4) is 23.0 Å². The van der Waals surface area contributed by atoms with Crippen LogP contribution in [0.25, 0.3) is 11.5 Å². The Kier molecular flexibility index (Phi) is 5.48. The third-order valence-corrected chi connectivity index (χ3v) is 3.79. The molecular weight excluding hydrogens is 334 g/mol. The van der Waals surface area contributed by atoms with Gasteiger partial charge in [-0.3, -0.25) is 10.1 Å². The molecule has 0 saturated carbocycles. The first-order valence-corrected chi connectivity index (χ1v) is 8.09. The summed E-state index contributed by atoms with van der Waals surface area (Å²) in [5, 5.41) is 10.5. The zero-order valence-corrected chi connectivity index (χ0v) is 14.6. The molecule has 26 heavy (non-hydrogen) atoms. The van der Waals surface area contributed by atoms with Crippen LogP contribution in [-0.2, 0) is 11.2 Å². The summed E-state index contributed by atoms with van der Waals surface area (Å²) in [6, 6.07) is 15.1. The molecule has 1 amide bonds. The van der Waals surface area contributed by atoms with Crippen LogP contribution in [0, 0.1) is 0 Å². The zero-order valence-electron chi connectivity index (χ0n) is 14.6. The van der Waals surface area contributed by atoms with Crippen molar-refractivity contribution in [2.45, 2.75) is 12.8 Å². The second-order valence-electron chi connectivity index (χ2n) is 5.51. The predicted molar refractivity (Wildman–Crippen MR) is 96.2 cm³/mol. The Balaban J connectivity index is 1.65. The number of nitrogens with zero attached hydrogens (tertiary/aromatic N) is 2. The number of carbonyl (C=O) groups excluding carboxylic acids is 1. The van der Waals surface area contributed by atoms with E-state index in [4.69, 9.17) is 13.9 Å². The number of aryl methyl sites for hydroxylation is 1. The fourth-order valence-electron chi connectivity index (χ4n) is 2.44. The molecule has 0 unspecified atom stereocenters. The van der Waals surface area contributed by atoms with Gasteiger partial charge in [-0.25, -0.2) is 0 Å². The van der Waals surface area contributed by atoms with Crippen LogP contribution in [0.1, 0.15) is 12.0 Å². The van der Waals surface area contributed by atoms with E-state index in [9.17, 15) is 4.79 Å². The smallest absolute Gasteiger partial charge is 0.322 e. The summed E-state index contributed by atoms with van der Waals surface area (Å²) in [5.41, 5.74) is 1.71. The van der Waals surface area contributed by atoms with Crippen LogP contribution in [0.2, 0.25) is 0 Å². The molecule has 0 aliphatic rings. The maximum Gasteiger partial charge on any atom is 0.322 e. The van der Waals surface area contributed by atoms with Crippen molar-refractivity contribution in [1.29, 1.82) is 0 Å². The quantitative estimate of drug-likeness (QED) is 0.701. The van der Waals surface area contributed by atoms with E-state index in [2.05, 4.69) is 15.5 Å². The molecule has 1 N–H and O–H groups in total. The molecule has 1 aromatic heterocycles. The minimum atomic E-state index is -0.189. The molecule has 7 nitrogen and oxygen atoms in total. The number of amides is 1. The number of nitrogens with one attached hydrogen (secondary N) is 1. The number of carbonyl (C=O) groups is 1. The van der Waals surface area contributed by atoms with Gasteiger partial charge in [0.05, 0.1) is 19.8 Å². The average molecular weight is 353 g/mol. The molecule has 0 atom stereocenters. The SMILES string of the molecule is COc1ccc(-c2nnc(NC(=O)CCc3ccccc3)o2)c(OC)c1. The first-order chi connectivity index (χ1) is 12.7. The van der Waals surface area contributed by atoms with E-state index in [-0.39, 0.29) is 17.8 Å². The summed E-state index contributed by atoms with van der Waals surface area (Å²) in [5.74, 6) is 1.25. The maximum atomic E-state index is 12.1. The molecule has 0 saturated heterocycles. The van der Waals surface area contributed by atoms with Crippen LogP contribution in [0.15, 0.2) is 52.9 Å². The van der Waals surface area contributed by atoms with Gasteiger partial charge in [0.15, 0.2) is 0 Å². The molecule has 3 aromatic rings. The summed E-state index contributed by atoms with van der Waals surface area (Å²) in [6.45, 7) is 0. The number of benzene rings is 2. The van der Waals surface area contributed by atoms with Crippen LogP contribution >= 0.6 is 0 Å². The van der Waals surface area contributed by atoms with E-state index < -0.39 is 0 Å². The molecule has 3 rings (SSSR count). The molecule has 134 valence electrons. The van der Waals surface area contributed by atoms with Gasteiger partial charge in [0.1, 0.15) is 11.5 Å². The van der Waals surface area contributed by atoms with Gasteiger partial charge >= 0.3 is 6.01 Å². The Morgan fingerprint density at radius 3 is 2.62 bits per heavy atom. The summed E-state index contributed by atoms with van der Waals surface area (Å²) in [7, 11) is 3.12. The van der Waals surface area contributed by atoms with E-state index in [1.807, 2.05) is 30.3 Å². The highest BCUT2D eigenvalue weighted by Gasteiger charge is 2.15. The third-order valence-electron chi connectivity index (χ3n) is 3.79. The van der Waals surface area contributed by atoms with E-state index in [0.29, 0.717) is 29.9 Å². The molecule has 0 bridgehead atoms. The molecule has 0 radical (unpaired) electrons. The Bertz CT molecular complexity index is 878. The van der Waals surface area contributed by atoms with Gasteiger partial charge in [0.25, 0.3) is 5.89 Å². The first-order valence-electron chi connectivity index (χ1n) is 8.09. The van der Waals surface area contributed by atoms with Crippen molar-refractivity contribution in [2.75, 3.05) is 19.5 Å². The molecule has 0 aliphatic heterocycles. The number of aromatic nitrogens is 2. The van der Waals surface area contributed by atoms with Crippen LogP contribution < -0.4 is 14.8 Å². The molecule has 0 spiro atoms. The molecule has 2 aromatic carbocycles. The minimum Gasteiger partial charge on any atom is -0.497 e. The lowest BCUT2D eigenvalue weighted by Gasteiger charge is -2.07. The van der Waals surface area contributed by atoms with Crippen LogP contribution in [0.3, 0.4) is 0 Å². The van der Waals surface area contributed by atoms with Gasteiger partial charge in [0.2, 0.25) is 5.91 Å². The summed E-state index contributed by atoms with van der Waals surface area (Å²) in [6.07, 6.45) is 0.966. The fourth-order valence-corrected chi connectivity index (χ4v) is 2.44. The molecule has 0 fully saturated rings. The lowest BCUT2D eigenvalue weighted by Crippen LogP contribution is -2.12. The first kappa shape index (κ1) is 17.5. The van der Waals surface area contributed by atoms with Crippen LogP contribution in [0.5, 0.6) is 11.5 Å². The Labute approximate surface area is 151 Å². The van der Waals surface area contributed by atoms with Crippen molar-refractivity contribution in [2.24, 2.45) is 0 Å². The van der Waals surface area contributed by atoms with Crippen molar-refractivity contribution in [1.82, 2.24) is 10.2 Å². The summed E-state index contributed by atoms with van der Waals surface area (Å²) >= 11 is 0. The average Bonchev–Trinajstić information content (AvgIpc) is 3.14. The predicted octanol–water partition coefficient (Wildman–Crippen LogP) is 3.33. The fraction of sp³-hybridized carbons (Fsp3) is 0.211. The number of ether oxygens (including phenoxy) is 2. The molecule has 0 aliphatic carbocycles. The lowest BCUT2D eigenvalue weighted by atomic mass is 10.1. The highest BCUT2D eigenvalue weighted by Crippen LogP contribution is 2.33. The monoisotopic (exact) mass is 353 g/mol. The molecule has 7 heteroatoms. The molecule has 1 heterocycles. The number of rotatable bonds is 7. The van der Waals surface area contributed by atoms with Crippen LogP contribution in [-0.4, -0.2) is 30.3 Å². The summed E-state index contributed by atoms with van der Waals surface area (Å²) < 4.78 is 16.0. The second kappa shape index (κ2) is 8.15. The van der Waals surface area contributed by atoms with Crippen molar-refractivity contribution in [3.63, 3.8) is 0 Å². The van der Waals surface area contributed by atoms with Gasteiger partial charge in [-0.2, -0.15) is 0 Å². The van der Waals surface area contributed by atoms with Gasteiger partial charge < -0.3 is 13.9 Å². The lowest BCUT2D eigenvalue weighted by molar-refractivity contribution is -0.116. The highest BCUT2D eigenvalue weighted by molar-refractivity contribution is 5.88. The van der Waals surface area contributed by atoms with Crippen molar-refractivity contribution < 1.29 is 18.7 Å². The van der Waals surface area contributed by atoms with Gasteiger partial charge in [-0.1, -0.05) is 35.4 Å². The number of anilines is 1. The topological polar surface area (TPSA) is 86.5 Å². The number of hydrogen-bond donors (Lipinski definition) is 1. The van der Waals surface area contributed by atoms with E-state index in [1.165, 1.54) is 0 Å². The summed E-state index contributed by atoms with van der Waals surface area (Å²) in [4.78, 5) is 12.1.